The Bertz CT molecular complexity index is 621. The Morgan fingerprint density at radius 3 is 2.95 bits per heavy atom. The molecule has 3 rings (SSSR count). The molecule has 4 heteroatoms. The maximum Gasteiger partial charge on any atom is 0.164 e. The number of aryl methyl sites for hydroxylation is 3. The summed E-state index contributed by atoms with van der Waals surface area (Å²) in [7, 11) is 1.94. The predicted molar refractivity (Wildman–Crippen MR) is 73.3 cm³/mol. The summed E-state index contributed by atoms with van der Waals surface area (Å²) in [4.78, 5) is 11.9. The topological polar surface area (TPSA) is 39.8 Å². The third-order valence-electron chi connectivity index (χ3n) is 3.89. The minimum atomic E-state index is 0.306. The lowest BCUT2D eigenvalue weighted by atomic mass is 9.96. The molecule has 2 aromatic heterocycles. The van der Waals surface area contributed by atoms with Crippen molar-refractivity contribution in [3.63, 3.8) is 0 Å². The third-order valence-corrected chi connectivity index (χ3v) is 3.89. The van der Waals surface area contributed by atoms with E-state index in [2.05, 4.69) is 28.7 Å². The number of fused-ring (bicyclic) bond motifs is 1. The van der Waals surface area contributed by atoms with E-state index in [-0.39, 0.29) is 0 Å². The van der Waals surface area contributed by atoms with E-state index in [0.717, 1.165) is 37.1 Å². The zero-order chi connectivity index (χ0) is 13.4. The van der Waals surface area contributed by atoms with Crippen LogP contribution in [-0.2, 0) is 26.4 Å². The van der Waals surface area contributed by atoms with Gasteiger partial charge in [-0.2, -0.15) is 5.10 Å². The summed E-state index contributed by atoms with van der Waals surface area (Å²) in [6, 6.07) is 4.10. The highest BCUT2D eigenvalue weighted by Crippen LogP contribution is 2.25. The zero-order valence-corrected chi connectivity index (χ0v) is 11.5. The van der Waals surface area contributed by atoms with E-state index in [4.69, 9.17) is 0 Å². The van der Waals surface area contributed by atoms with E-state index < -0.39 is 0 Å². The molecule has 1 aliphatic rings. The first-order chi connectivity index (χ1) is 9.15. The van der Waals surface area contributed by atoms with Gasteiger partial charge in [0.05, 0.1) is 5.69 Å². The maximum atomic E-state index is 11.9. The van der Waals surface area contributed by atoms with Crippen LogP contribution in [0.4, 0.5) is 0 Å². The van der Waals surface area contributed by atoms with Crippen LogP contribution in [0.25, 0.3) is 0 Å². The molecule has 4 nitrogen and oxygen atoms in total. The Balaban J connectivity index is 1.83. The molecule has 0 aromatic carbocycles. The summed E-state index contributed by atoms with van der Waals surface area (Å²) >= 11 is 0. The van der Waals surface area contributed by atoms with Crippen molar-refractivity contribution in [2.24, 2.45) is 7.05 Å². The summed E-state index contributed by atoms with van der Waals surface area (Å²) < 4.78 is 4.12. The van der Waals surface area contributed by atoms with Gasteiger partial charge >= 0.3 is 0 Å². The Labute approximate surface area is 113 Å². The number of hydrogen-bond acceptors (Lipinski definition) is 2. The van der Waals surface area contributed by atoms with Crippen LogP contribution in [0.15, 0.2) is 18.3 Å². The van der Waals surface area contributed by atoms with Crippen LogP contribution in [0.2, 0.25) is 0 Å². The summed E-state index contributed by atoms with van der Waals surface area (Å²) in [6.07, 6.45) is 5.60. The highest BCUT2D eigenvalue weighted by molar-refractivity contribution is 5.98. The molecule has 0 radical (unpaired) electrons. The van der Waals surface area contributed by atoms with Crippen molar-refractivity contribution in [1.29, 1.82) is 0 Å². The molecular formula is C15H19N3O. The van der Waals surface area contributed by atoms with E-state index >= 15 is 0 Å². The normalized spacial score (nSPS) is 14.7. The molecule has 0 amide bonds. The number of rotatable bonds is 3. The fraction of sp³-hybridized carbons (Fsp3) is 0.467. The van der Waals surface area contributed by atoms with Gasteiger partial charge in [0.1, 0.15) is 0 Å². The molecule has 0 saturated carbocycles. The van der Waals surface area contributed by atoms with Gasteiger partial charge in [-0.25, -0.2) is 0 Å². The standard InChI is InChI=1S/C15H19N3O/c1-11-10-13-14(4-3-5-15(13)19)18(11)9-7-12-6-8-17(2)16-12/h6,8,10H,3-5,7,9H2,1-2H3. The first-order valence-corrected chi connectivity index (χ1v) is 6.86. The second-order valence-electron chi connectivity index (χ2n) is 5.31. The number of hydrogen-bond donors (Lipinski definition) is 0. The Kier molecular flexibility index (Phi) is 3.01. The molecule has 19 heavy (non-hydrogen) atoms. The van der Waals surface area contributed by atoms with E-state index in [1.807, 2.05) is 17.9 Å². The van der Waals surface area contributed by atoms with Crippen LogP contribution in [0.5, 0.6) is 0 Å². The number of Topliss-reactive ketones (excluding diaryl/α,β-unsaturated/α-hetero) is 1. The van der Waals surface area contributed by atoms with Crippen molar-refractivity contribution in [2.45, 2.75) is 39.2 Å². The lowest BCUT2D eigenvalue weighted by Crippen LogP contribution is -2.14. The first-order valence-electron chi connectivity index (χ1n) is 6.86. The van der Waals surface area contributed by atoms with Gasteiger partial charge in [0, 0.05) is 49.6 Å². The van der Waals surface area contributed by atoms with E-state index in [0.29, 0.717) is 12.2 Å². The lowest BCUT2D eigenvalue weighted by molar-refractivity contribution is 0.0972. The number of nitrogens with zero attached hydrogens (tertiary/aromatic N) is 3. The molecule has 0 fully saturated rings. The molecule has 0 unspecified atom stereocenters. The molecule has 0 atom stereocenters. The van der Waals surface area contributed by atoms with Gasteiger partial charge in [-0.15, -0.1) is 0 Å². The SMILES string of the molecule is Cc1cc2c(n1CCc1ccn(C)n1)CCCC2=O. The molecule has 0 N–H and O–H groups in total. The Hall–Kier alpha value is -1.84. The van der Waals surface area contributed by atoms with Crippen LogP contribution in [0.3, 0.4) is 0 Å². The molecule has 0 spiro atoms. The van der Waals surface area contributed by atoms with Gasteiger partial charge in [0.25, 0.3) is 0 Å². The molecule has 2 heterocycles. The number of carbonyl (C=O) groups is 1. The molecular weight excluding hydrogens is 238 g/mol. The zero-order valence-electron chi connectivity index (χ0n) is 11.5. The van der Waals surface area contributed by atoms with Gasteiger partial charge < -0.3 is 4.57 Å². The minimum absolute atomic E-state index is 0.306. The van der Waals surface area contributed by atoms with Gasteiger partial charge in [-0.1, -0.05) is 0 Å². The molecule has 100 valence electrons. The van der Waals surface area contributed by atoms with Crippen molar-refractivity contribution in [1.82, 2.24) is 14.3 Å². The van der Waals surface area contributed by atoms with E-state index in [1.54, 1.807) is 0 Å². The molecule has 0 aliphatic heterocycles. The molecule has 0 bridgehead atoms. The van der Waals surface area contributed by atoms with Crippen LogP contribution >= 0.6 is 0 Å². The molecule has 2 aromatic rings. The monoisotopic (exact) mass is 257 g/mol. The van der Waals surface area contributed by atoms with Gasteiger partial charge in [-0.3, -0.25) is 9.48 Å². The smallest absolute Gasteiger partial charge is 0.164 e. The Morgan fingerprint density at radius 1 is 1.37 bits per heavy atom. The van der Waals surface area contributed by atoms with Crippen molar-refractivity contribution >= 4 is 5.78 Å². The van der Waals surface area contributed by atoms with Crippen molar-refractivity contribution in [2.75, 3.05) is 0 Å². The largest absolute Gasteiger partial charge is 0.348 e. The fourth-order valence-corrected chi connectivity index (χ4v) is 2.92. The lowest BCUT2D eigenvalue weighted by Gasteiger charge is -2.15. The van der Waals surface area contributed by atoms with Crippen molar-refractivity contribution < 1.29 is 4.79 Å². The van der Waals surface area contributed by atoms with E-state index in [1.165, 1.54) is 11.4 Å². The number of ketones is 1. The molecule has 1 aliphatic carbocycles. The van der Waals surface area contributed by atoms with Crippen LogP contribution in [0.1, 0.15) is 40.3 Å². The van der Waals surface area contributed by atoms with Crippen molar-refractivity contribution in [3.05, 3.63) is 41.0 Å². The summed E-state index contributed by atoms with van der Waals surface area (Å²) in [5.41, 5.74) is 4.47. The summed E-state index contributed by atoms with van der Waals surface area (Å²) in [5.74, 6) is 0.306. The maximum absolute atomic E-state index is 11.9. The number of aromatic nitrogens is 3. The first kappa shape index (κ1) is 12.2. The minimum Gasteiger partial charge on any atom is -0.348 e. The average molecular weight is 257 g/mol. The average Bonchev–Trinajstić information content (AvgIpc) is 2.92. The summed E-state index contributed by atoms with van der Waals surface area (Å²) in [5, 5.41) is 4.40. The molecule has 0 saturated heterocycles. The van der Waals surface area contributed by atoms with Gasteiger partial charge in [-0.05, 0) is 31.9 Å². The van der Waals surface area contributed by atoms with Gasteiger partial charge in [0.15, 0.2) is 5.78 Å². The second kappa shape index (κ2) is 4.68. The predicted octanol–water partition coefficient (Wildman–Crippen LogP) is 2.29. The quantitative estimate of drug-likeness (QED) is 0.846. The summed E-state index contributed by atoms with van der Waals surface area (Å²) in [6.45, 7) is 3.00. The van der Waals surface area contributed by atoms with Gasteiger partial charge in [0.2, 0.25) is 0 Å². The Morgan fingerprint density at radius 2 is 2.21 bits per heavy atom. The number of carbonyl (C=O) groups excluding carboxylic acids is 1. The fourth-order valence-electron chi connectivity index (χ4n) is 2.92. The van der Waals surface area contributed by atoms with Crippen LogP contribution in [-0.4, -0.2) is 20.1 Å². The highest BCUT2D eigenvalue weighted by atomic mass is 16.1. The van der Waals surface area contributed by atoms with Crippen LogP contribution < -0.4 is 0 Å². The van der Waals surface area contributed by atoms with Crippen LogP contribution in [0, 0.1) is 6.92 Å². The van der Waals surface area contributed by atoms with Crippen molar-refractivity contribution in [3.8, 4) is 0 Å². The highest BCUT2D eigenvalue weighted by Gasteiger charge is 2.22. The second-order valence-corrected chi connectivity index (χ2v) is 5.31. The third kappa shape index (κ3) is 2.23. The van der Waals surface area contributed by atoms with E-state index in [9.17, 15) is 4.79 Å².